The van der Waals surface area contributed by atoms with Crippen LogP contribution in [-0.2, 0) is 18.9 Å². The van der Waals surface area contributed by atoms with Gasteiger partial charge in [0.25, 0.3) is 0 Å². The molecular weight excluding hydrogens is 274 g/mol. The maximum absolute atomic E-state index is 12.0. The topological polar surface area (TPSA) is 66.0 Å². The van der Waals surface area contributed by atoms with Crippen molar-refractivity contribution < 1.29 is 23.7 Å². The second-order valence-electron chi connectivity index (χ2n) is 6.58. The molecule has 1 heterocycles. The van der Waals surface area contributed by atoms with Crippen molar-refractivity contribution in [3.63, 3.8) is 0 Å². The molecule has 0 aromatic carbocycles. The van der Waals surface area contributed by atoms with Crippen LogP contribution in [0.25, 0.3) is 0 Å². The summed E-state index contributed by atoms with van der Waals surface area (Å²) < 4.78 is 21.9. The molecule has 0 saturated carbocycles. The number of terminal acetylenes is 1. The number of hydrogen-bond acceptors (Lipinski definition) is 5. The molecule has 6 nitrogen and oxygen atoms in total. The van der Waals surface area contributed by atoms with Crippen LogP contribution in [0, 0.1) is 12.3 Å². The predicted octanol–water partition coefficient (Wildman–Crippen LogP) is 1.68. The molecule has 1 fully saturated rings. The molecule has 1 amide bonds. The fourth-order valence-electron chi connectivity index (χ4n) is 1.72. The lowest BCUT2D eigenvalue weighted by Crippen LogP contribution is -2.64. The zero-order valence-corrected chi connectivity index (χ0v) is 13.4. The van der Waals surface area contributed by atoms with E-state index in [0.717, 1.165) is 0 Å². The van der Waals surface area contributed by atoms with Gasteiger partial charge in [0.15, 0.2) is 5.79 Å². The van der Waals surface area contributed by atoms with E-state index in [-0.39, 0.29) is 26.4 Å². The average Bonchev–Trinajstić information content (AvgIpc) is 2.31. The van der Waals surface area contributed by atoms with Gasteiger partial charge in [-0.25, -0.2) is 4.79 Å². The van der Waals surface area contributed by atoms with Crippen LogP contribution >= 0.6 is 0 Å². The monoisotopic (exact) mass is 299 g/mol. The Kier molecular flexibility index (Phi) is 5.62. The number of ether oxygens (including phenoxy) is 4. The number of amides is 1. The van der Waals surface area contributed by atoms with Crippen LogP contribution < -0.4 is 5.32 Å². The molecule has 0 unspecified atom stereocenters. The molecular formula is C15H25NO5. The van der Waals surface area contributed by atoms with Crippen molar-refractivity contribution in [2.75, 3.05) is 26.4 Å². The molecule has 0 bridgehead atoms. The van der Waals surface area contributed by atoms with Crippen molar-refractivity contribution in [2.24, 2.45) is 0 Å². The van der Waals surface area contributed by atoms with Crippen molar-refractivity contribution in [3.8, 4) is 12.3 Å². The van der Waals surface area contributed by atoms with Gasteiger partial charge in [-0.1, -0.05) is 5.92 Å². The van der Waals surface area contributed by atoms with E-state index in [9.17, 15) is 4.79 Å². The Hall–Kier alpha value is -1.29. The number of carbonyl (C=O) groups excluding carboxylic acids is 1. The molecule has 0 spiro atoms. The molecule has 1 aliphatic heterocycles. The highest BCUT2D eigenvalue weighted by molar-refractivity contribution is 5.69. The van der Waals surface area contributed by atoms with Crippen LogP contribution in [-0.4, -0.2) is 49.4 Å². The Morgan fingerprint density at radius 2 is 1.90 bits per heavy atom. The summed E-state index contributed by atoms with van der Waals surface area (Å²) in [6.07, 6.45) is 4.62. The minimum atomic E-state index is -0.811. The van der Waals surface area contributed by atoms with Crippen molar-refractivity contribution >= 4 is 6.09 Å². The van der Waals surface area contributed by atoms with E-state index in [1.54, 1.807) is 20.8 Å². The van der Waals surface area contributed by atoms with Crippen LogP contribution in [0.15, 0.2) is 0 Å². The summed E-state index contributed by atoms with van der Waals surface area (Å²) in [5.41, 5.74) is -1.39. The summed E-state index contributed by atoms with van der Waals surface area (Å²) in [5, 5.41) is 2.78. The number of nitrogens with one attached hydrogen (secondary N) is 1. The van der Waals surface area contributed by atoms with E-state index in [2.05, 4.69) is 11.2 Å². The summed E-state index contributed by atoms with van der Waals surface area (Å²) in [7, 11) is 0. The van der Waals surface area contributed by atoms with Gasteiger partial charge in [-0.05, 0) is 34.6 Å². The Morgan fingerprint density at radius 1 is 1.33 bits per heavy atom. The third kappa shape index (κ3) is 6.34. The summed E-state index contributed by atoms with van der Waals surface area (Å²) in [6, 6.07) is 0. The normalized spacial score (nSPS) is 20.4. The predicted molar refractivity (Wildman–Crippen MR) is 77.7 cm³/mol. The maximum Gasteiger partial charge on any atom is 0.408 e. The van der Waals surface area contributed by atoms with Crippen LogP contribution in [0.4, 0.5) is 4.79 Å². The summed E-state index contributed by atoms with van der Waals surface area (Å²) in [4.78, 5) is 12.0. The second kappa shape index (κ2) is 6.65. The quantitative estimate of drug-likeness (QED) is 0.632. The smallest absolute Gasteiger partial charge is 0.408 e. The third-order valence-electron chi connectivity index (χ3n) is 2.72. The molecule has 1 aliphatic rings. The molecule has 0 aromatic rings. The molecule has 0 atom stereocenters. The molecule has 120 valence electrons. The minimum absolute atomic E-state index is 0.154. The Labute approximate surface area is 126 Å². The van der Waals surface area contributed by atoms with E-state index in [1.165, 1.54) is 0 Å². The Balaban J connectivity index is 2.69. The second-order valence-corrected chi connectivity index (χ2v) is 6.58. The lowest BCUT2D eigenvalue weighted by atomic mass is 10.0. The first-order valence-electron chi connectivity index (χ1n) is 6.88. The van der Waals surface area contributed by atoms with Gasteiger partial charge in [-0.3, -0.25) is 0 Å². The lowest BCUT2D eigenvalue weighted by Gasteiger charge is -2.43. The van der Waals surface area contributed by atoms with Crippen LogP contribution in [0.5, 0.6) is 0 Å². The van der Waals surface area contributed by atoms with Crippen LogP contribution in [0.2, 0.25) is 0 Å². The maximum atomic E-state index is 12.0. The van der Waals surface area contributed by atoms with Gasteiger partial charge >= 0.3 is 6.09 Å². The Bertz CT molecular complexity index is 395. The first-order valence-corrected chi connectivity index (χ1v) is 6.88. The summed E-state index contributed by atoms with van der Waals surface area (Å²) in [6.45, 7) is 9.86. The van der Waals surface area contributed by atoms with Gasteiger partial charge in [0, 0.05) is 0 Å². The number of rotatable bonds is 4. The van der Waals surface area contributed by atoms with Gasteiger partial charge < -0.3 is 24.3 Å². The number of carbonyl (C=O) groups is 1. The molecule has 0 radical (unpaired) electrons. The zero-order chi connectivity index (χ0) is 16.1. The van der Waals surface area contributed by atoms with Crippen molar-refractivity contribution in [2.45, 2.75) is 51.5 Å². The number of hydrogen-bond donors (Lipinski definition) is 1. The molecule has 0 aliphatic carbocycles. The molecule has 1 saturated heterocycles. The third-order valence-corrected chi connectivity index (χ3v) is 2.72. The first kappa shape index (κ1) is 17.8. The van der Waals surface area contributed by atoms with Crippen molar-refractivity contribution in [1.82, 2.24) is 5.32 Å². The SMILES string of the molecule is C#CCOCC1(NC(=O)OC(C)(C)C)COC(C)(C)OC1. The fourth-order valence-corrected chi connectivity index (χ4v) is 1.72. The molecule has 1 rings (SSSR count). The molecule has 0 aromatic heterocycles. The van der Waals surface area contributed by atoms with Gasteiger partial charge in [0.05, 0.1) is 19.8 Å². The average molecular weight is 299 g/mol. The van der Waals surface area contributed by atoms with Gasteiger partial charge in [0.1, 0.15) is 17.7 Å². The van der Waals surface area contributed by atoms with Gasteiger partial charge in [-0.15, -0.1) is 6.42 Å². The molecule has 21 heavy (non-hydrogen) atoms. The summed E-state index contributed by atoms with van der Waals surface area (Å²) >= 11 is 0. The van der Waals surface area contributed by atoms with Gasteiger partial charge in [0.2, 0.25) is 0 Å². The lowest BCUT2D eigenvalue weighted by molar-refractivity contribution is -0.275. The van der Waals surface area contributed by atoms with E-state index in [0.29, 0.717) is 0 Å². The zero-order valence-electron chi connectivity index (χ0n) is 13.4. The Morgan fingerprint density at radius 3 is 2.38 bits per heavy atom. The number of alkyl carbamates (subject to hydrolysis) is 1. The molecule has 1 N–H and O–H groups in total. The van der Waals surface area contributed by atoms with E-state index < -0.39 is 23.0 Å². The van der Waals surface area contributed by atoms with Gasteiger partial charge in [-0.2, -0.15) is 0 Å². The van der Waals surface area contributed by atoms with E-state index in [1.807, 2.05) is 13.8 Å². The van der Waals surface area contributed by atoms with Crippen molar-refractivity contribution in [3.05, 3.63) is 0 Å². The van der Waals surface area contributed by atoms with Crippen LogP contribution in [0.1, 0.15) is 34.6 Å². The first-order chi connectivity index (χ1) is 9.58. The standard InChI is InChI=1S/C15H25NO5/c1-7-8-18-9-15(10-19-14(5,6)20-11-15)16-12(17)21-13(2,3)4/h1H,8-11H2,2-6H3,(H,16,17). The highest BCUT2D eigenvalue weighted by atomic mass is 16.7. The van der Waals surface area contributed by atoms with E-state index >= 15 is 0 Å². The minimum Gasteiger partial charge on any atom is -0.444 e. The van der Waals surface area contributed by atoms with Crippen molar-refractivity contribution in [1.29, 1.82) is 0 Å². The fraction of sp³-hybridized carbons (Fsp3) is 0.800. The summed E-state index contributed by atoms with van der Waals surface area (Å²) in [5.74, 6) is 1.70. The largest absolute Gasteiger partial charge is 0.444 e. The van der Waals surface area contributed by atoms with Crippen LogP contribution in [0.3, 0.4) is 0 Å². The highest BCUT2D eigenvalue weighted by Crippen LogP contribution is 2.24. The molecule has 6 heteroatoms. The van der Waals surface area contributed by atoms with E-state index in [4.69, 9.17) is 25.4 Å². The highest BCUT2D eigenvalue weighted by Gasteiger charge is 2.42.